The molecule has 104 valence electrons. The van der Waals surface area contributed by atoms with E-state index in [1.807, 2.05) is 6.92 Å². The van der Waals surface area contributed by atoms with Crippen LogP contribution in [0.3, 0.4) is 0 Å². The Hall–Kier alpha value is -1.72. The van der Waals surface area contributed by atoms with E-state index in [1.54, 1.807) is 0 Å². The molecule has 0 unspecified atom stereocenters. The zero-order chi connectivity index (χ0) is 13.8. The molecule has 1 saturated carbocycles. The number of aromatic nitrogens is 2. The Morgan fingerprint density at radius 1 is 1.42 bits per heavy atom. The minimum Gasteiger partial charge on any atom is -0.481 e. The van der Waals surface area contributed by atoms with E-state index < -0.39 is 11.8 Å². The van der Waals surface area contributed by atoms with Crippen molar-refractivity contribution in [1.29, 1.82) is 0 Å². The third kappa shape index (κ3) is 3.19. The molecule has 1 aliphatic carbocycles. The second kappa shape index (κ2) is 5.95. The van der Waals surface area contributed by atoms with Gasteiger partial charge in [-0.1, -0.05) is 6.92 Å². The van der Waals surface area contributed by atoms with E-state index in [4.69, 9.17) is 5.11 Å². The molecule has 0 atom stereocenters. The zero-order valence-electron chi connectivity index (χ0n) is 10.9. The fourth-order valence-electron chi connectivity index (χ4n) is 2.43. The maximum atomic E-state index is 14.0. The molecule has 0 aliphatic heterocycles. The fourth-order valence-corrected chi connectivity index (χ4v) is 2.43. The van der Waals surface area contributed by atoms with Gasteiger partial charge in [-0.15, -0.1) is 0 Å². The minimum absolute atomic E-state index is 0.0877. The standard InChI is InChI=1S/C13H18FN3O2/c1-2-10-11(14)12(16-7-15-10)17-9-5-3-8(4-6-9)13(18)19/h7-9H,2-6H2,1H3,(H,18,19)(H,15,16,17). The monoisotopic (exact) mass is 267 g/mol. The van der Waals surface area contributed by atoms with Crippen LogP contribution >= 0.6 is 0 Å². The van der Waals surface area contributed by atoms with Crippen molar-refractivity contribution < 1.29 is 14.3 Å². The number of carboxylic acids is 1. The summed E-state index contributed by atoms with van der Waals surface area (Å²) < 4.78 is 14.0. The molecule has 0 amide bonds. The SMILES string of the molecule is CCc1ncnc(NC2CCC(C(=O)O)CC2)c1F. The van der Waals surface area contributed by atoms with Crippen LogP contribution < -0.4 is 5.32 Å². The van der Waals surface area contributed by atoms with Gasteiger partial charge in [0.15, 0.2) is 11.6 Å². The number of hydrogen-bond donors (Lipinski definition) is 2. The first kappa shape index (κ1) is 13.7. The van der Waals surface area contributed by atoms with E-state index in [0.29, 0.717) is 25.0 Å². The molecule has 5 nitrogen and oxygen atoms in total. The first-order valence-electron chi connectivity index (χ1n) is 6.60. The van der Waals surface area contributed by atoms with Crippen molar-refractivity contribution in [2.24, 2.45) is 5.92 Å². The summed E-state index contributed by atoms with van der Waals surface area (Å²) in [5.74, 6) is -1.17. The van der Waals surface area contributed by atoms with Gasteiger partial charge < -0.3 is 10.4 Å². The first-order valence-corrected chi connectivity index (χ1v) is 6.60. The number of aryl methyl sites for hydroxylation is 1. The topological polar surface area (TPSA) is 75.1 Å². The number of anilines is 1. The van der Waals surface area contributed by atoms with Gasteiger partial charge in [-0.25, -0.2) is 14.4 Å². The van der Waals surface area contributed by atoms with Gasteiger partial charge in [0, 0.05) is 6.04 Å². The normalized spacial score (nSPS) is 23.1. The average Bonchev–Trinajstić information content (AvgIpc) is 2.42. The number of hydrogen-bond acceptors (Lipinski definition) is 4. The van der Waals surface area contributed by atoms with Gasteiger partial charge in [-0.05, 0) is 32.1 Å². The quantitative estimate of drug-likeness (QED) is 0.875. The zero-order valence-corrected chi connectivity index (χ0v) is 10.9. The van der Waals surface area contributed by atoms with E-state index in [0.717, 1.165) is 12.8 Å². The number of rotatable bonds is 4. The van der Waals surface area contributed by atoms with Gasteiger partial charge in [0.25, 0.3) is 0 Å². The van der Waals surface area contributed by atoms with Crippen LogP contribution in [0.15, 0.2) is 6.33 Å². The third-order valence-corrected chi connectivity index (χ3v) is 3.61. The number of carboxylic acid groups (broad SMARTS) is 1. The van der Waals surface area contributed by atoms with Crippen molar-refractivity contribution in [3.63, 3.8) is 0 Å². The van der Waals surface area contributed by atoms with Crippen LogP contribution in [0.4, 0.5) is 10.2 Å². The highest BCUT2D eigenvalue weighted by atomic mass is 19.1. The predicted molar refractivity (Wildman–Crippen MR) is 68.4 cm³/mol. The molecular formula is C13H18FN3O2. The van der Waals surface area contributed by atoms with Crippen molar-refractivity contribution in [3.05, 3.63) is 17.8 Å². The molecule has 1 aliphatic rings. The second-order valence-corrected chi connectivity index (χ2v) is 4.87. The Labute approximate surface area is 111 Å². The number of nitrogens with zero attached hydrogens (tertiary/aromatic N) is 2. The second-order valence-electron chi connectivity index (χ2n) is 4.87. The van der Waals surface area contributed by atoms with Crippen molar-refractivity contribution in [2.75, 3.05) is 5.32 Å². The number of carbonyl (C=O) groups is 1. The number of aliphatic carboxylic acids is 1. The highest BCUT2D eigenvalue weighted by molar-refractivity contribution is 5.70. The van der Waals surface area contributed by atoms with Crippen LogP contribution in [0.1, 0.15) is 38.3 Å². The fraction of sp³-hybridized carbons (Fsp3) is 0.615. The lowest BCUT2D eigenvalue weighted by Gasteiger charge is -2.27. The third-order valence-electron chi connectivity index (χ3n) is 3.61. The van der Waals surface area contributed by atoms with E-state index in [9.17, 15) is 9.18 Å². The summed E-state index contributed by atoms with van der Waals surface area (Å²) >= 11 is 0. The van der Waals surface area contributed by atoms with Crippen LogP contribution in [0.25, 0.3) is 0 Å². The Bertz CT molecular complexity index is 459. The molecule has 0 saturated heterocycles. The number of halogens is 1. The largest absolute Gasteiger partial charge is 0.481 e. The van der Waals surface area contributed by atoms with Crippen molar-refractivity contribution in [1.82, 2.24) is 9.97 Å². The van der Waals surface area contributed by atoms with Crippen LogP contribution in [0.2, 0.25) is 0 Å². The van der Waals surface area contributed by atoms with Crippen LogP contribution in [0.5, 0.6) is 0 Å². The molecule has 0 spiro atoms. The lowest BCUT2D eigenvalue weighted by Crippen LogP contribution is -2.30. The first-order chi connectivity index (χ1) is 9.11. The van der Waals surface area contributed by atoms with Gasteiger partial charge in [0.2, 0.25) is 0 Å². The van der Waals surface area contributed by atoms with E-state index in [1.165, 1.54) is 6.33 Å². The maximum absolute atomic E-state index is 14.0. The Kier molecular flexibility index (Phi) is 4.29. The lowest BCUT2D eigenvalue weighted by molar-refractivity contribution is -0.142. The summed E-state index contributed by atoms with van der Waals surface area (Å²) in [4.78, 5) is 18.7. The average molecular weight is 267 g/mol. The molecule has 1 heterocycles. The summed E-state index contributed by atoms with van der Waals surface area (Å²) in [5, 5.41) is 12.0. The summed E-state index contributed by atoms with van der Waals surface area (Å²) in [5.41, 5.74) is 0.400. The molecule has 0 radical (unpaired) electrons. The van der Waals surface area contributed by atoms with Gasteiger partial charge in [-0.3, -0.25) is 4.79 Å². The molecule has 0 bridgehead atoms. The Morgan fingerprint density at radius 2 is 2.11 bits per heavy atom. The van der Waals surface area contributed by atoms with Crippen molar-refractivity contribution in [3.8, 4) is 0 Å². The van der Waals surface area contributed by atoms with Crippen LogP contribution in [-0.2, 0) is 11.2 Å². The molecule has 1 aromatic heterocycles. The van der Waals surface area contributed by atoms with E-state index in [2.05, 4.69) is 15.3 Å². The molecule has 19 heavy (non-hydrogen) atoms. The lowest BCUT2D eigenvalue weighted by atomic mass is 9.86. The molecule has 6 heteroatoms. The van der Waals surface area contributed by atoms with Crippen molar-refractivity contribution >= 4 is 11.8 Å². The molecule has 1 aromatic rings. The molecular weight excluding hydrogens is 249 g/mol. The van der Waals surface area contributed by atoms with E-state index in [-0.39, 0.29) is 17.8 Å². The number of nitrogens with one attached hydrogen (secondary N) is 1. The Balaban J connectivity index is 1.98. The summed E-state index contributed by atoms with van der Waals surface area (Å²) in [6.45, 7) is 1.84. The van der Waals surface area contributed by atoms with Gasteiger partial charge in [0.1, 0.15) is 6.33 Å². The van der Waals surface area contributed by atoms with Crippen molar-refractivity contribution in [2.45, 2.75) is 45.1 Å². The van der Waals surface area contributed by atoms with Gasteiger partial charge in [0.05, 0.1) is 11.6 Å². The summed E-state index contributed by atoms with van der Waals surface area (Å²) in [6, 6.07) is 0.0877. The van der Waals surface area contributed by atoms with Crippen LogP contribution in [-0.4, -0.2) is 27.1 Å². The molecule has 2 rings (SSSR count). The Morgan fingerprint density at radius 3 is 2.68 bits per heavy atom. The van der Waals surface area contributed by atoms with Crippen LogP contribution in [0, 0.1) is 11.7 Å². The minimum atomic E-state index is -0.736. The molecule has 1 fully saturated rings. The summed E-state index contributed by atoms with van der Waals surface area (Å²) in [7, 11) is 0. The maximum Gasteiger partial charge on any atom is 0.306 e. The van der Waals surface area contributed by atoms with Gasteiger partial charge >= 0.3 is 5.97 Å². The molecule has 0 aromatic carbocycles. The smallest absolute Gasteiger partial charge is 0.306 e. The van der Waals surface area contributed by atoms with Gasteiger partial charge in [-0.2, -0.15) is 0 Å². The molecule has 2 N–H and O–H groups in total. The highest BCUT2D eigenvalue weighted by Gasteiger charge is 2.26. The predicted octanol–water partition coefficient (Wildman–Crippen LogP) is 2.23. The summed E-state index contributed by atoms with van der Waals surface area (Å²) in [6.07, 6.45) is 4.58. The highest BCUT2D eigenvalue weighted by Crippen LogP contribution is 2.27. The van der Waals surface area contributed by atoms with E-state index >= 15 is 0 Å².